The summed E-state index contributed by atoms with van der Waals surface area (Å²) in [7, 11) is 0. The van der Waals surface area contributed by atoms with Crippen LogP contribution in [0.4, 0.5) is 10.1 Å². The van der Waals surface area contributed by atoms with Crippen molar-refractivity contribution in [2.45, 2.75) is 18.7 Å². The number of aromatic nitrogens is 3. The Bertz CT molecular complexity index is 1270. The van der Waals surface area contributed by atoms with Crippen LogP contribution in [-0.4, -0.2) is 33.5 Å². The molecule has 0 radical (unpaired) electrons. The van der Waals surface area contributed by atoms with Gasteiger partial charge in [0.15, 0.2) is 12.3 Å². The van der Waals surface area contributed by atoms with Crippen molar-refractivity contribution in [3.63, 3.8) is 0 Å². The Labute approximate surface area is 183 Å². The van der Waals surface area contributed by atoms with Gasteiger partial charge in [-0.2, -0.15) is 10.1 Å². The number of nitrogens with zero attached hydrogens (tertiary/aromatic N) is 3. The lowest BCUT2D eigenvalue weighted by Crippen LogP contribution is -2.20. The van der Waals surface area contributed by atoms with Crippen LogP contribution in [0, 0.1) is 19.7 Å². The Hall–Kier alpha value is -3.39. The summed E-state index contributed by atoms with van der Waals surface area (Å²) in [6.07, 6.45) is 1.98. The molecule has 2 aromatic heterocycles. The normalized spacial score (nSPS) is 11.0. The number of halogens is 1. The molecule has 0 spiro atoms. The molecule has 0 fully saturated rings. The highest BCUT2D eigenvalue weighted by Crippen LogP contribution is 2.27. The molecule has 31 heavy (non-hydrogen) atoms. The van der Waals surface area contributed by atoms with E-state index < -0.39 is 0 Å². The van der Waals surface area contributed by atoms with Gasteiger partial charge in [-0.1, -0.05) is 12.1 Å². The molecular weight excluding hydrogens is 415 g/mol. The van der Waals surface area contributed by atoms with E-state index in [2.05, 4.69) is 15.4 Å². The number of hydrogen-bond donors (Lipinski definition) is 1. The second-order valence-corrected chi connectivity index (χ2v) is 7.90. The number of fused-ring (bicyclic) bond motifs is 1. The fraction of sp³-hybridized carbons (Fsp3) is 0.174. The van der Waals surface area contributed by atoms with Crippen molar-refractivity contribution >= 4 is 34.4 Å². The molecule has 0 aliphatic carbocycles. The lowest BCUT2D eigenvalue weighted by molar-refractivity contribution is -0.118. The molecule has 0 bridgehead atoms. The Kier molecular flexibility index (Phi) is 5.90. The third kappa shape index (κ3) is 4.54. The van der Waals surface area contributed by atoms with Gasteiger partial charge < -0.3 is 10.1 Å². The highest BCUT2D eigenvalue weighted by Gasteiger charge is 2.16. The van der Waals surface area contributed by atoms with Crippen molar-refractivity contribution in [1.82, 2.24) is 14.8 Å². The van der Waals surface area contributed by atoms with Crippen LogP contribution in [-0.2, 0) is 4.79 Å². The van der Waals surface area contributed by atoms with Crippen LogP contribution in [0.1, 0.15) is 11.3 Å². The van der Waals surface area contributed by atoms with Crippen LogP contribution in [0.15, 0.2) is 59.5 Å². The summed E-state index contributed by atoms with van der Waals surface area (Å²) < 4.78 is 21.0. The first-order valence-corrected chi connectivity index (χ1v) is 10.9. The molecule has 0 saturated carbocycles. The maximum Gasteiger partial charge on any atom is 0.262 e. The van der Waals surface area contributed by atoms with Crippen LogP contribution < -0.4 is 10.1 Å². The van der Waals surface area contributed by atoms with Gasteiger partial charge in [-0.15, -0.1) is 11.8 Å². The molecular formula is C23H21FN4O2S. The zero-order valence-electron chi connectivity index (χ0n) is 17.3. The summed E-state index contributed by atoms with van der Waals surface area (Å²) in [5.74, 6) is -0.340. The molecule has 6 nitrogen and oxygen atoms in total. The number of amides is 1. The first kappa shape index (κ1) is 20.9. The molecule has 0 aliphatic heterocycles. The average molecular weight is 437 g/mol. The minimum Gasteiger partial charge on any atom is -0.467 e. The number of nitrogens with one attached hydrogen (secondary N) is 1. The summed E-state index contributed by atoms with van der Waals surface area (Å²) in [6.45, 7) is 3.62. The van der Waals surface area contributed by atoms with Gasteiger partial charge in [0, 0.05) is 22.0 Å². The lowest BCUT2D eigenvalue weighted by atomic mass is 10.2. The summed E-state index contributed by atoms with van der Waals surface area (Å²) in [6, 6.07) is 15.5. The third-order valence-electron chi connectivity index (χ3n) is 4.74. The standard InChI is InChI=1S/C23H21FN4O2S/c1-14-10-21(30-13-20(29)25-17-7-5-9-19(12-17)31-3)26-23-22(14)15(2)27-28(23)18-8-4-6-16(24)11-18/h4-12H,13H2,1-3H3,(H,25,29). The summed E-state index contributed by atoms with van der Waals surface area (Å²) in [5, 5.41) is 8.21. The first-order valence-electron chi connectivity index (χ1n) is 9.64. The number of pyridine rings is 1. The molecule has 1 amide bonds. The zero-order valence-corrected chi connectivity index (χ0v) is 18.2. The van der Waals surface area contributed by atoms with E-state index in [1.54, 1.807) is 34.6 Å². The molecule has 0 saturated heterocycles. The molecule has 0 unspecified atom stereocenters. The largest absolute Gasteiger partial charge is 0.467 e. The van der Waals surface area contributed by atoms with Crippen molar-refractivity contribution < 1.29 is 13.9 Å². The second kappa shape index (κ2) is 8.77. The second-order valence-electron chi connectivity index (χ2n) is 7.02. The van der Waals surface area contributed by atoms with Crippen LogP contribution in [0.5, 0.6) is 5.88 Å². The van der Waals surface area contributed by atoms with Crippen molar-refractivity contribution in [2.75, 3.05) is 18.2 Å². The fourth-order valence-electron chi connectivity index (χ4n) is 3.37. The fourth-order valence-corrected chi connectivity index (χ4v) is 3.83. The van der Waals surface area contributed by atoms with Gasteiger partial charge in [0.2, 0.25) is 5.88 Å². The number of anilines is 1. The van der Waals surface area contributed by atoms with E-state index in [9.17, 15) is 9.18 Å². The van der Waals surface area contributed by atoms with Crippen LogP contribution in [0.3, 0.4) is 0 Å². The van der Waals surface area contributed by atoms with Crippen LogP contribution in [0.25, 0.3) is 16.7 Å². The lowest BCUT2D eigenvalue weighted by Gasteiger charge is -2.09. The van der Waals surface area contributed by atoms with E-state index in [1.807, 2.05) is 44.4 Å². The Morgan fingerprint density at radius 2 is 1.97 bits per heavy atom. The summed E-state index contributed by atoms with van der Waals surface area (Å²) >= 11 is 1.60. The van der Waals surface area contributed by atoms with Crippen LogP contribution >= 0.6 is 11.8 Å². The first-order chi connectivity index (χ1) is 14.9. The van der Waals surface area contributed by atoms with Crippen molar-refractivity contribution in [1.29, 1.82) is 0 Å². The van der Waals surface area contributed by atoms with Crippen molar-refractivity contribution in [3.8, 4) is 11.6 Å². The Morgan fingerprint density at radius 3 is 2.74 bits per heavy atom. The van der Waals surface area contributed by atoms with Gasteiger partial charge in [0.25, 0.3) is 5.91 Å². The van der Waals surface area contributed by atoms with Gasteiger partial charge in [-0.05, 0) is 62.1 Å². The highest BCUT2D eigenvalue weighted by atomic mass is 32.2. The molecule has 4 aromatic rings. The number of aryl methyl sites for hydroxylation is 2. The number of hydrogen-bond acceptors (Lipinski definition) is 5. The number of carbonyl (C=O) groups excluding carboxylic acids is 1. The highest BCUT2D eigenvalue weighted by molar-refractivity contribution is 7.98. The molecule has 8 heteroatoms. The Morgan fingerprint density at radius 1 is 1.16 bits per heavy atom. The van der Waals surface area contributed by atoms with Gasteiger partial charge >= 0.3 is 0 Å². The molecule has 158 valence electrons. The molecule has 2 heterocycles. The quantitative estimate of drug-likeness (QED) is 0.435. The minimum absolute atomic E-state index is 0.186. The molecule has 2 aromatic carbocycles. The van der Waals surface area contributed by atoms with E-state index in [4.69, 9.17) is 4.74 Å². The van der Waals surface area contributed by atoms with E-state index in [0.717, 1.165) is 21.5 Å². The SMILES string of the molecule is CSc1cccc(NC(=O)COc2cc(C)c3c(C)nn(-c4cccc(F)c4)c3n2)c1. The van der Waals surface area contributed by atoms with Gasteiger partial charge in [-0.3, -0.25) is 4.79 Å². The van der Waals surface area contributed by atoms with E-state index in [0.29, 0.717) is 22.9 Å². The smallest absolute Gasteiger partial charge is 0.262 e. The molecule has 1 N–H and O–H groups in total. The van der Waals surface area contributed by atoms with Gasteiger partial charge in [-0.25, -0.2) is 9.07 Å². The monoisotopic (exact) mass is 436 g/mol. The molecule has 4 rings (SSSR count). The average Bonchev–Trinajstić information content (AvgIpc) is 3.09. The third-order valence-corrected chi connectivity index (χ3v) is 5.47. The van der Waals surface area contributed by atoms with Crippen LogP contribution in [0.2, 0.25) is 0 Å². The maximum atomic E-state index is 13.7. The number of rotatable bonds is 6. The van der Waals surface area contributed by atoms with Gasteiger partial charge in [0.1, 0.15) is 5.82 Å². The van der Waals surface area contributed by atoms with E-state index in [1.165, 1.54) is 12.1 Å². The number of benzene rings is 2. The molecule has 0 aliphatic rings. The summed E-state index contributed by atoms with van der Waals surface area (Å²) in [4.78, 5) is 17.9. The minimum atomic E-state index is -0.356. The predicted molar refractivity (Wildman–Crippen MR) is 121 cm³/mol. The maximum absolute atomic E-state index is 13.7. The van der Waals surface area contributed by atoms with Crippen molar-refractivity contribution in [3.05, 3.63) is 71.7 Å². The van der Waals surface area contributed by atoms with Crippen molar-refractivity contribution in [2.24, 2.45) is 0 Å². The van der Waals surface area contributed by atoms with E-state index >= 15 is 0 Å². The molecule has 0 atom stereocenters. The summed E-state index contributed by atoms with van der Waals surface area (Å²) in [5.41, 5.74) is 3.51. The zero-order chi connectivity index (χ0) is 22.0. The van der Waals surface area contributed by atoms with Gasteiger partial charge in [0.05, 0.1) is 11.4 Å². The topological polar surface area (TPSA) is 69.0 Å². The van der Waals surface area contributed by atoms with E-state index in [-0.39, 0.29) is 18.3 Å². The number of thioether (sulfide) groups is 1. The number of ether oxygens (including phenoxy) is 1. The number of carbonyl (C=O) groups is 1. The Balaban J connectivity index is 1.57. The predicted octanol–water partition coefficient (Wildman–Crippen LogP) is 4.92.